The third-order valence-corrected chi connectivity index (χ3v) is 6.15. The summed E-state index contributed by atoms with van der Waals surface area (Å²) in [5, 5.41) is 0. The van der Waals surface area contributed by atoms with Gasteiger partial charge in [-0.05, 0) is 68.0 Å². The van der Waals surface area contributed by atoms with Crippen molar-refractivity contribution >= 4 is 17.1 Å². The van der Waals surface area contributed by atoms with Crippen molar-refractivity contribution in [2.75, 3.05) is 19.7 Å². The Kier molecular flexibility index (Phi) is 5.21. The van der Waals surface area contributed by atoms with E-state index in [0.29, 0.717) is 30.4 Å². The standard InChI is InChI=1S/C23H25FN4O3/c24-17-7-9-19(10-8-17)31-15-21(29)26-12-2-3-18(14-26)28-22-20(4-1-11-25-22)27(23(28)30)13-16-5-6-16/h1,4,7-11,16,18H,2-3,5-6,12-15H2/t18-/m0/s1. The Morgan fingerprint density at radius 1 is 1.16 bits per heavy atom. The van der Waals surface area contributed by atoms with E-state index in [1.165, 1.54) is 37.1 Å². The zero-order chi connectivity index (χ0) is 21.4. The minimum absolute atomic E-state index is 0.0394. The van der Waals surface area contributed by atoms with Gasteiger partial charge in [0.2, 0.25) is 0 Å². The van der Waals surface area contributed by atoms with E-state index in [-0.39, 0.29) is 30.1 Å². The molecule has 0 N–H and O–H groups in total. The highest BCUT2D eigenvalue weighted by atomic mass is 19.1. The summed E-state index contributed by atoms with van der Waals surface area (Å²) in [5.74, 6) is 0.533. The van der Waals surface area contributed by atoms with Gasteiger partial charge in [-0.1, -0.05) is 0 Å². The maximum absolute atomic E-state index is 13.3. The number of amides is 1. The number of benzene rings is 1. The minimum Gasteiger partial charge on any atom is -0.484 e. The van der Waals surface area contributed by atoms with Gasteiger partial charge in [-0.25, -0.2) is 14.2 Å². The lowest BCUT2D eigenvalue weighted by Gasteiger charge is -2.33. The molecule has 1 amide bonds. The summed E-state index contributed by atoms with van der Waals surface area (Å²) >= 11 is 0. The summed E-state index contributed by atoms with van der Waals surface area (Å²) < 4.78 is 22.2. The molecule has 1 saturated carbocycles. The molecule has 2 aromatic heterocycles. The number of fused-ring (bicyclic) bond motifs is 1. The first-order valence-corrected chi connectivity index (χ1v) is 10.8. The Morgan fingerprint density at radius 2 is 1.97 bits per heavy atom. The fraction of sp³-hybridized carbons (Fsp3) is 0.435. The molecular formula is C23H25FN4O3. The monoisotopic (exact) mass is 424 g/mol. The van der Waals surface area contributed by atoms with Crippen LogP contribution in [0.15, 0.2) is 47.4 Å². The lowest BCUT2D eigenvalue weighted by molar-refractivity contribution is -0.135. The number of halogens is 1. The second-order valence-electron chi connectivity index (χ2n) is 8.43. The number of hydrogen-bond acceptors (Lipinski definition) is 4. The Morgan fingerprint density at radius 3 is 2.74 bits per heavy atom. The Bertz CT molecular complexity index is 1150. The molecule has 1 aliphatic carbocycles. The van der Waals surface area contributed by atoms with Crippen LogP contribution >= 0.6 is 0 Å². The van der Waals surface area contributed by atoms with Crippen molar-refractivity contribution in [1.82, 2.24) is 19.0 Å². The lowest BCUT2D eigenvalue weighted by Crippen LogP contribution is -2.44. The van der Waals surface area contributed by atoms with Gasteiger partial charge in [-0.15, -0.1) is 0 Å². The number of likely N-dealkylation sites (tertiary alicyclic amines) is 1. The molecule has 7 nitrogen and oxygen atoms in total. The van der Waals surface area contributed by atoms with Crippen LogP contribution in [0.1, 0.15) is 31.7 Å². The average Bonchev–Trinajstić information content (AvgIpc) is 3.57. The van der Waals surface area contributed by atoms with Gasteiger partial charge >= 0.3 is 5.69 Å². The molecule has 2 fully saturated rings. The van der Waals surface area contributed by atoms with Crippen molar-refractivity contribution in [2.45, 2.75) is 38.3 Å². The number of aromatic nitrogens is 3. The molecular weight excluding hydrogens is 399 g/mol. The molecule has 2 aliphatic rings. The van der Waals surface area contributed by atoms with E-state index in [0.717, 1.165) is 24.9 Å². The van der Waals surface area contributed by atoms with Crippen molar-refractivity contribution in [3.63, 3.8) is 0 Å². The zero-order valence-corrected chi connectivity index (χ0v) is 17.2. The van der Waals surface area contributed by atoms with Crippen LogP contribution in [0.2, 0.25) is 0 Å². The van der Waals surface area contributed by atoms with Crippen LogP contribution in [0.25, 0.3) is 11.2 Å². The van der Waals surface area contributed by atoms with E-state index in [9.17, 15) is 14.0 Å². The van der Waals surface area contributed by atoms with E-state index >= 15 is 0 Å². The number of nitrogens with zero attached hydrogens (tertiary/aromatic N) is 4. The molecule has 1 aromatic carbocycles. The lowest BCUT2D eigenvalue weighted by atomic mass is 10.1. The van der Waals surface area contributed by atoms with Crippen LogP contribution in [0.3, 0.4) is 0 Å². The minimum atomic E-state index is -0.350. The Balaban J connectivity index is 1.34. The van der Waals surface area contributed by atoms with E-state index < -0.39 is 0 Å². The summed E-state index contributed by atoms with van der Waals surface area (Å²) in [6, 6.07) is 9.29. The van der Waals surface area contributed by atoms with Crippen molar-refractivity contribution in [3.8, 4) is 5.75 Å². The number of carbonyl (C=O) groups is 1. The van der Waals surface area contributed by atoms with Crippen LogP contribution in [0, 0.1) is 11.7 Å². The molecule has 0 unspecified atom stereocenters. The number of imidazole rings is 1. The number of pyridine rings is 1. The number of rotatable bonds is 6. The third-order valence-electron chi connectivity index (χ3n) is 6.15. The van der Waals surface area contributed by atoms with Gasteiger partial charge in [0.1, 0.15) is 11.6 Å². The predicted molar refractivity (Wildman–Crippen MR) is 113 cm³/mol. The molecule has 8 heteroatoms. The Labute approximate surface area is 179 Å². The summed E-state index contributed by atoms with van der Waals surface area (Å²) in [6.45, 7) is 1.69. The zero-order valence-electron chi connectivity index (χ0n) is 17.2. The number of ether oxygens (including phenoxy) is 1. The summed E-state index contributed by atoms with van der Waals surface area (Å²) in [5.41, 5.74) is 1.51. The fourth-order valence-corrected chi connectivity index (χ4v) is 4.33. The predicted octanol–water partition coefficient (Wildman–Crippen LogP) is 2.99. The van der Waals surface area contributed by atoms with Gasteiger partial charge < -0.3 is 9.64 Å². The highest BCUT2D eigenvalue weighted by Gasteiger charge is 2.30. The van der Waals surface area contributed by atoms with E-state index in [2.05, 4.69) is 4.98 Å². The fourth-order valence-electron chi connectivity index (χ4n) is 4.33. The molecule has 0 bridgehead atoms. The molecule has 0 spiro atoms. The molecule has 31 heavy (non-hydrogen) atoms. The van der Waals surface area contributed by atoms with E-state index in [1.54, 1.807) is 15.7 Å². The molecule has 5 rings (SSSR count). The van der Waals surface area contributed by atoms with E-state index in [1.807, 2.05) is 16.7 Å². The van der Waals surface area contributed by atoms with Crippen molar-refractivity contribution in [2.24, 2.45) is 5.92 Å². The molecule has 162 valence electrons. The number of piperidine rings is 1. The summed E-state index contributed by atoms with van der Waals surface area (Å²) in [7, 11) is 0. The van der Waals surface area contributed by atoms with Gasteiger partial charge in [0.25, 0.3) is 5.91 Å². The highest BCUT2D eigenvalue weighted by Crippen LogP contribution is 2.32. The average molecular weight is 424 g/mol. The molecule has 3 heterocycles. The first kappa shape index (κ1) is 19.8. The van der Waals surface area contributed by atoms with Crippen molar-refractivity contribution in [3.05, 3.63) is 58.9 Å². The second kappa shape index (κ2) is 8.17. The molecule has 1 aliphatic heterocycles. The van der Waals surface area contributed by atoms with Gasteiger partial charge in [-0.3, -0.25) is 13.9 Å². The van der Waals surface area contributed by atoms with Gasteiger partial charge in [-0.2, -0.15) is 0 Å². The second-order valence-corrected chi connectivity index (χ2v) is 8.43. The summed E-state index contributed by atoms with van der Waals surface area (Å²) in [4.78, 5) is 32.3. The largest absolute Gasteiger partial charge is 0.484 e. The first-order valence-electron chi connectivity index (χ1n) is 10.8. The molecule has 1 atom stereocenters. The maximum atomic E-state index is 13.3. The third kappa shape index (κ3) is 4.06. The van der Waals surface area contributed by atoms with Crippen molar-refractivity contribution in [1.29, 1.82) is 0 Å². The maximum Gasteiger partial charge on any atom is 0.330 e. The molecule has 0 radical (unpaired) electrons. The number of hydrogen-bond donors (Lipinski definition) is 0. The van der Waals surface area contributed by atoms with Crippen LogP contribution in [-0.2, 0) is 11.3 Å². The highest BCUT2D eigenvalue weighted by molar-refractivity contribution is 5.78. The van der Waals surface area contributed by atoms with Crippen LogP contribution in [0.4, 0.5) is 4.39 Å². The van der Waals surface area contributed by atoms with Crippen LogP contribution in [0.5, 0.6) is 5.75 Å². The summed E-state index contributed by atoms with van der Waals surface area (Å²) in [6.07, 6.45) is 5.67. The number of carbonyl (C=O) groups excluding carboxylic acids is 1. The SMILES string of the molecule is O=C(COc1ccc(F)cc1)N1CCC[C@H](n2c(=O)n(CC3CC3)c3cccnc32)C1. The topological polar surface area (TPSA) is 69.4 Å². The van der Waals surface area contributed by atoms with Gasteiger partial charge in [0.05, 0.1) is 11.6 Å². The van der Waals surface area contributed by atoms with Crippen LogP contribution in [-0.4, -0.2) is 44.6 Å². The Hall–Kier alpha value is -3.16. The van der Waals surface area contributed by atoms with Crippen LogP contribution < -0.4 is 10.4 Å². The van der Waals surface area contributed by atoms with Crippen molar-refractivity contribution < 1.29 is 13.9 Å². The van der Waals surface area contributed by atoms with E-state index in [4.69, 9.17) is 4.74 Å². The molecule has 3 aromatic rings. The molecule has 1 saturated heterocycles. The van der Waals surface area contributed by atoms with Gasteiger partial charge in [0, 0.05) is 25.8 Å². The normalized spacial score (nSPS) is 19.0. The smallest absolute Gasteiger partial charge is 0.330 e. The first-order chi connectivity index (χ1) is 15.1. The quantitative estimate of drug-likeness (QED) is 0.610. The van der Waals surface area contributed by atoms with Gasteiger partial charge in [0.15, 0.2) is 12.3 Å².